The third kappa shape index (κ3) is 5.62. The van der Waals surface area contributed by atoms with Crippen LogP contribution in [0.2, 0.25) is 0 Å². The van der Waals surface area contributed by atoms with Crippen LogP contribution in [0.5, 0.6) is 11.5 Å². The highest BCUT2D eigenvalue weighted by Gasteiger charge is 2.34. The van der Waals surface area contributed by atoms with Gasteiger partial charge in [0.15, 0.2) is 17.3 Å². The Morgan fingerprint density at radius 3 is 2.62 bits per heavy atom. The molecule has 8 nitrogen and oxygen atoms in total. The van der Waals surface area contributed by atoms with Crippen LogP contribution in [-0.4, -0.2) is 66.9 Å². The second kappa shape index (κ2) is 10.3. The van der Waals surface area contributed by atoms with Crippen LogP contribution in [0.15, 0.2) is 30.3 Å². The van der Waals surface area contributed by atoms with Crippen LogP contribution in [-0.2, 0) is 10.9 Å². The van der Waals surface area contributed by atoms with E-state index >= 15 is 0 Å². The molecular formula is C22H23F4N5O3. The van der Waals surface area contributed by atoms with Crippen molar-refractivity contribution in [1.82, 2.24) is 20.3 Å². The molecule has 1 fully saturated rings. The van der Waals surface area contributed by atoms with Gasteiger partial charge in [0.05, 0.1) is 37.9 Å². The number of benzene rings is 2. The van der Waals surface area contributed by atoms with Gasteiger partial charge in [-0.2, -0.15) is 13.2 Å². The maximum atomic E-state index is 13.6. The van der Waals surface area contributed by atoms with Gasteiger partial charge >= 0.3 is 6.18 Å². The minimum atomic E-state index is -4.83. The summed E-state index contributed by atoms with van der Waals surface area (Å²) in [5.41, 5.74) is -0.980. The van der Waals surface area contributed by atoms with E-state index in [9.17, 15) is 17.6 Å². The van der Waals surface area contributed by atoms with Crippen LogP contribution in [0.3, 0.4) is 0 Å². The van der Waals surface area contributed by atoms with Crippen LogP contribution in [0, 0.1) is 5.82 Å². The Bertz CT molecular complexity index is 1140. The van der Waals surface area contributed by atoms with Crippen molar-refractivity contribution in [2.24, 2.45) is 0 Å². The normalized spacial score (nSPS) is 14.9. The summed E-state index contributed by atoms with van der Waals surface area (Å²) in [5, 5.41) is 14.8. The summed E-state index contributed by atoms with van der Waals surface area (Å²) in [4.78, 5) is 2.30. The maximum Gasteiger partial charge on any atom is 0.419 e. The monoisotopic (exact) mass is 481 g/mol. The minimum absolute atomic E-state index is 0.00192. The van der Waals surface area contributed by atoms with Gasteiger partial charge in [-0.15, -0.1) is 10.2 Å². The molecule has 182 valence electrons. The van der Waals surface area contributed by atoms with Crippen LogP contribution in [0.1, 0.15) is 12.0 Å². The number of hydrogen-bond donors (Lipinski definition) is 1. The molecule has 2 heterocycles. The lowest BCUT2D eigenvalue weighted by Crippen LogP contribution is -2.37. The minimum Gasteiger partial charge on any atom is -0.493 e. The van der Waals surface area contributed by atoms with Gasteiger partial charge in [-0.1, -0.05) is 0 Å². The topological polar surface area (TPSA) is 81.6 Å². The first-order valence-electron chi connectivity index (χ1n) is 10.6. The molecule has 0 amide bonds. The molecule has 1 saturated heterocycles. The second-order valence-corrected chi connectivity index (χ2v) is 7.63. The van der Waals surface area contributed by atoms with E-state index in [0.29, 0.717) is 35.1 Å². The number of hydrogen-bond acceptors (Lipinski definition) is 8. The highest BCUT2D eigenvalue weighted by atomic mass is 19.4. The summed E-state index contributed by atoms with van der Waals surface area (Å²) in [6, 6.07) is 5.85. The maximum absolute atomic E-state index is 13.6. The molecule has 0 unspecified atom stereocenters. The number of alkyl halides is 3. The number of rotatable bonds is 8. The van der Waals surface area contributed by atoms with Crippen molar-refractivity contribution < 1.29 is 31.8 Å². The van der Waals surface area contributed by atoms with E-state index in [4.69, 9.17) is 14.2 Å². The van der Waals surface area contributed by atoms with Crippen LogP contribution in [0.25, 0.3) is 10.9 Å². The first kappa shape index (κ1) is 23.9. The zero-order valence-electron chi connectivity index (χ0n) is 18.4. The molecule has 0 atom stereocenters. The van der Waals surface area contributed by atoms with E-state index in [1.165, 1.54) is 13.2 Å². The summed E-state index contributed by atoms with van der Waals surface area (Å²) in [6.07, 6.45) is -4.02. The average Bonchev–Trinajstić information content (AvgIpc) is 2.82. The summed E-state index contributed by atoms with van der Waals surface area (Å²) < 4.78 is 69.4. The summed E-state index contributed by atoms with van der Waals surface area (Å²) in [6.45, 7) is 4.61. The fraction of sp³-hybridized carbons (Fsp3) is 0.409. The number of nitrogens with zero attached hydrogens (tertiary/aromatic N) is 4. The van der Waals surface area contributed by atoms with Crippen molar-refractivity contribution in [3.63, 3.8) is 0 Å². The van der Waals surface area contributed by atoms with Crippen molar-refractivity contribution in [2.45, 2.75) is 12.6 Å². The number of halogens is 4. The zero-order valence-corrected chi connectivity index (χ0v) is 18.4. The Kier molecular flexibility index (Phi) is 7.27. The Morgan fingerprint density at radius 1 is 1.09 bits per heavy atom. The van der Waals surface area contributed by atoms with Gasteiger partial charge in [-0.25, -0.2) is 4.39 Å². The van der Waals surface area contributed by atoms with Crippen LogP contribution >= 0.6 is 0 Å². The van der Waals surface area contributed by atoms with Gasteiger partial charge in [0, 0.05) is 31.4 Å². The molecule has 0 spiro atoms. The lowest BCUT2D eigenvalue weighted by Gasteiger charge is -2.26. The van der Waals surface area contributed by atoms with Gasteiger partial charge in [0.1, 0.15) is 11.3 Å². The third-order valence-electron chi connectivity index (χ3n) is 5.35. The third-order valence-corrected chi connectivity index (χ3v) is 5.35. The fourth-order valence-electron chi connectivity index (χ4n) is 3.61. The lowest BCUT2D eigenvalue weighted by atomic mass is 10.1. The summed E-state index contributed by atoms with van der Waals surface area (Å²) >= 11 is 0. The zero-order chi connectivity index (χ0) is 24.1. The van der Waals surface area contributed by atoms with E-state index in [2.05, 4.69) is 25.6 Å². The SMILES string of the molecule is COc1cc2c(Nc3ccc(F)c(C(F)(F)F)c3)nnnc2cc1OCCCN1CCOCC1. The van der Waals surface area contributed by atoms with E-state index in [0.717, 1.165) is 45.3 Å². The second-order valence-electron chi connectivity index (χ2n) is 7.63. The molecule has 0 bridgehead atoms. The van der Waals surface area contributed by atoms with Gasteiger partial charge in [0.2, 0.25) is 0 Å². The molecule has 4 rings (SSSR count). The molecule has 2 aromatic carbocycles. The Hall–Kier alpha value is -3.25. The summed E-state index contributed by atoms with van der Waals surface area (Å²) in [7, 11) is 1.48. The largest absolute Gasteiger partial charge is 0.493 e. The number of anilines is 2. The molecule has 0 saturated carbocycles. The number of methoxy groups -OCH3 is 1. The molecular weight excluding hydrogens is 458 g/mol. The molecule has 12 heteroatoms. The Morgan fingerprint density at radius 2 is 1.88 bits per heavy atom. The van der Waals surface area contributed by atoms with Crippen molar-refractivity contribution >= 4 is 22.4 Å². The van der Waals surface area contributed by atoms with Crippen molar-refractivity contribution in [1.29, 1.82) is 0 Å². The summed E-state index contributed by atoms with van der Waals surface area (Å²) in [5.74, 6) is -0.348. The first-order valence-corrected chi connectivity index (χ1v) is 10.6. The van der Waals surface area contributed by atoms with Crippen molar-refractivity contribution in [3.8, 4) is 11.5 Å². The fourth-order valence-corrected chi connectivity index (χ4v) is 3.61. The molecule has 1 aliphatic rings. The average molecular weight is 481 g/mol. The van der Waals surface area contributed by atoms with Crippen LogP contribution in [0.4, 0.5) is 29.1 Å². The van der Waals surface area contributed by atoms with E-state index in [-0.39, 0.29) is 11.5 Å². The molecule has 0 aliphatic carbocycles. The number of fused-ring (bicyclic) bond motifs is 1. The number of nitrogens with one attached hydrogen (secondary N) is 1. The van der Waals surface area contributed by atoms with Crippen molar-refractivity contribution in [2.75, 3.05) is 51.9 Å². The highest BCUT2D eigenvalue weighted by Crippen LogP contribution is 2.36. The van der Waals surface area contributed by atoms with Gasteiger partial charge in [-0.05, 0) is 35.9 Å². The Labute approximate surface area is 192 Å². The van der Waals surface area contributed by atoms with E-state index in [1.54, 1.807) is 12.1 Å². The van der Waals surface area contributed by atoms with Gasteiger partial charge in [-0.3, -0.25) is 4.90 Å². The first-order chi connectivity index (χ1) is 16.3. The van der Waals surface area contributed by atoms with E-state index < -0.39 is 17.6 Å². The van der Waals surface area contributed by atoms with E-state index in [1.807, 2.05) is 0 Å². The van der Waals surface area contributed by atoms with Crippen LogP contribution < -0.4 is 14.8 Å². The lowest BCUT2D eigenvalue weighted by molar-refractivity contribution is -0.139. The number of aromatic nitrogens is 3. The van der Waals surface area contributed by atoms with Crippen molar-refractivity contribution in [3.05, 3.63) is 41.7 Å². The standard InChI is InChI=1S/C22H23F4N5O3/c1-32-19-12-15-18(13-20(19)34-8-2-5-31-6-9-33-10-7-31)28-30-29-21(15)27-14-3-4-17(23)16(11-14)22(24,25)26/h3-4,11-13H,2,5-10H2,1H3,(H,27,28,29). The molecule has 0 radical (unpaired) electrons. The predicted octanol–water partition coefficient (Wildman–Crippen LogP) is 4.04. The molecule has 1 N–H and O–H groups in total. The van der Waals surface area contributed by atoms with Gasteiger partial charge in [0.25, 0.3) is 0 Å². The predicted molar refractivity (Wildman–Crippen MR) is 116 cm³/mol. The number of morpholine rings is 1. The molecule has 1 aromatic heterocycles. The smallest absolute Gasteiger partial charge is 0.419 e. The molecule has 34 heavy (non-hydrogen) atoms. The highest BCUT2D eigenvalue weighted by molar-refractivity contribution is 5.92. The quantitative estimate of drug-likeness (QED) is 0.382. The molecule has 3 aromatic rings. The Balaban J connectivity index is 1.51. The van der Waals surface area contributed by atoms with Gasteiger partial charge < -0.3 is 19.5 Å². The number of ether oxygens (including phenoxy) is 3. The molecule has 1 aliphatic heterocycles.